The lowest BCUT2D eigenvalue weighted by Crippen LogP contribution is -2.22. The fraction of sp³-hybridized carbons (Fsp3) is 0.182. The maximum atomic E-state index is 9.80. The van der Waals surface area contributed by atoms with E-state index in [0.717, 1.165) is 22.2 Å². The molecule has 0 fully saturated rings. The van der Waals surface area contributed by atoms with Gasteiger partial charge in [0.2, 0.25) is 5.88 Å². The smallest absolute Gasteiger partial charge is 0.205 e. The third-order valence-corrected chi connectivity index (χ3v) is 5.05. The maximum absolute atomic E-state index is 9.80. The highest BCUT2D eigenvalue weighted by Gasteiger charge is 2.33. The number of hydrogen-bond donors (Lipinski definition) is 1. The van der Waals surface area contributed by atoms with Gasteiger partial charge in [-0.15, -0.1) is 0 Å². The number of rotatable bonds is 3. The van der Waals surface area contributed by atoms with Crippen molar-refractivity contribution in [1.29, 1.82) is 5.26 Å². The summed E-state index contributed by atoms with van der Waals surface area (Å²) in [5, 5.41) is 10.7. The Balaban J connectivity index is 2.01. The van der Waals surface area contributed by atoms with Crippen LogP contribution >= 0.6 is 0 Å². The number of nitrogens with two attached hydrogens (primary N) is 1. The summed E-state index contributed by atoms with van der Waals surface area (Å²) in [4.78, 5) is 4.63. The number of allylic oxidation sites excluding steroid dienone is 1. The third kappa shape index (κ3) is 2.94. The minimum Gasteiger partial charge on any atom is -0.493 e. The van der Waals surface area contributed by atoms with Gasteiger partial charge in [0.05, 0.1) is 20.1 Å². The summed E-state index contributed by atoms with van der Waals surface area (Å²) < 4.78 is 16.6. The van der Waals surface area contributed by atoms with Crippen molar-refractivity contribution in [2.45, 2.75) is 12.8 Å². The van der Waals surface area contributed by atoms with Crippen LogP contribution in [0.1, 0.15) is 22.7 Å². The molecule has 0 aliphatic carbocycles. The number of pyridine rings is 1. The fourth-order valence-electron chi connectivity index (χ4n) is 3.72. The zero-order chi connectivity index (χ0) is 20.7. The number of methoxy groups -OCH3 is 2. The van der Waals surface area contributed by atoms with Crippen molar-refractivity contribution in [3.63, 3.8) is 0 Å². The molecule has 2 N–H and O–H groups in total. The van der Waals surface area contributed by atoms with E-state index in [4.69, 9.17) is 27.8 Å². The monoisotopic (exact) mass is 383 g/mol. The molecule has 1 aromatic heterocycles. The van der Waals surface area contributed by atoms with Gasteiger partial charge in [0, 0.05) is 16.6 Å². The van der Waals surface area contributed by atoms with Crippen molar-refractivity contribution in [3.8, 4) is 23.3 Å². The Morgan fingerprint density at radius 2 is 1.93 bits per heavy atom. The van der Waals surface area contributed by atoms with E-state index in [2.05, 4.69) is 11.1 Å². The topological polar surface area (TPSA) is 90.4 Å². The number of hydrogen-bond acceptors (Lipinski definition) is 6. The highest BCUT2D eigenvalue weighted by atomic mass is 16.5. The first-order valence-electron chi connectivity index (χ1n) is 8.97. The highest BCUT2D eigenvalue weighted by Crippen LogP contribution is 2.45. The summed E-state index contributed by atoms with van der Waals surface area (Å²) in [5.41, 5.74) is 9.93. The molecule has 0 spiro atoms. The van der Waals surface area contributed by atoms with Gasteiger partial charge in [-0.1, -0.05) is 29.7 Å². The van der Waals surface area contributed by atoms with Gasteiger partial charge in [-0.05, 0) is 24.6 Å². The van der Waals surface area contributed by atoms with Crippen molar-refractivity contribution in [1.82, 2.24) is 4.98 Å². The second-order valence-electron chi connectivity index (χ2n) is 6.78. The molecular weight excluding hydrogens is 365 g/mol. The number of aromatic nitrogens is 1. The Hall–Kier alpha value is -3.66. The van der Waals surface area contributed by atoms with Gasteiger partial charge in [0.25, 0.3) is 0 Å². The van der Waals surface area contributed by atoms with E-state index in [1.807, 2.05) is 31.2 Å². The van der Waals surface area contributed by atoms with Gasteiger partial charge in [-0.25, -0.2) is 4.98 Å². The molecule has 6 nitrogen and oxygen atoms in total. The van der Waals surface area contributed by atoms with E-state index in [-0.39, 0.29) is 5.88 Å². The number of benzene rings is 2. The summed E-state index contributed by atoms with van der Waals surface area (Å²) in [6.07, 6.45) is 0. The lowest BCUT2D eigenvalue weighted by atomic mass is 9.80. The van der Waals surface area contributed by atoms with Gasteiger partial charge >= 0.3 is 0 Å². The molecule has 2 heterocycles. The van der Waals surface area contributed by atoms with Crippen LogP contribution in [0.2, 0.25) is 0 Å². The lowest BCUT2D eigenvalue weighted by molar-refractivity contribution is 0.356. The van der Waals surface area contributed by atoms with E-state index in [1.165, 1.54) is 14.2 Å². The van der Waals surface area contributed by atoms with Crippen LogP contribution < -0.4 is 25.4 Å². The molecule has 0 saturated carbocycles. The first kappa shape index (κ1) is 18.7. The normalized spacial score (nSPS) is 15.4. The molecule has 2 aromatic carbocycles. The molecule has 3 aromatic rings. The molecule has 0 amide bonds. The zero-order valence-corrected chi connectivity index (χ0v) is 16.3. The van der Waals surface area contributed by atoms with E-state index in [0.29, 0.717) is 33.8 Å². The van der Waals surface area contributed by atoms with E-state index < -0.39 is 5.92 Å². The number of ether oxygens (including phenoxy) is 3. The Labute approximate surface area is 169 Å². The molecule has 29 heavy (non-hydrogen) atoms. The van der Waals surface area contributed by atoms with E-state index >= 15 is 0 Å². The Bertz CT molecular complexity index is 1210. The van der Waals surface area contributed by atoms with Crippen molar-refractivity contribution < 1.29 is 14.2 Å². The van der Waals surface area contributed by atoms with Gasteiger partial charge in [0.15, 0.2) is 17.2 Å². The van der Waals surface area contributed by atoms with Crippen LogP contribution in [0.25, 0.3) is 10.9 Å². The standard InChI is InChI=1S/C22H18BN3O3/c1-11-4-5-12-6-7-14-18(13-8-16(23)21(28-3)17(9-13)27-2)15(10-24)22(25)29-20(14)19(12)26-11/h4-9,18H,25H2,1-3H3. The summed E-state index contributed by atoms with van der Waals surface area (Å²) in [5.74, 6) is 1.03. The molecule has 1 unspecified atom stereocenters. The third-order valence-electron chi connectivity index (χ3n) is 5.05. The van der Waals surface area contributed by atoms with Gasteiger partial charge in [0.1, 0.15) is 25.0 Å². The minimum atomic E-state index is -0.474. The van der Waals surface area contributed by atoms with Crippen LogP contribution in [0, 0.1) is 18.3 Å². The quantitative estimate of drug-likeness (QED) is 0.700. The summed E-state index contributed by atoms with van der Waals surface area (Å²) in [7, 11) is 9.25. The molecule has 142 valence electrons. The van der Waals surface area contributed by atoms with Crippen molar-refractivity contribution in [2.24, 2.45) is 5.73 Å². The number of nitriles is 1. The molecule has 4 rings (SSSR count). The predicted octanol–water partition coefficient (Wildman–Crippen LogP) is 2.57. The second kappa shape index (κ2) is 7.06. The lowest BCUT2D eigenvalue weighted by Gasteiger charge is -2.28. The molecular formula is C22H18BN3O3. The van der Waals surface area contributed by atoms with E-state index in [9.17, 15) is 5.26 Å². The van der Waals surface area contributed by atoms with Crippen LogP contribution in [0.4, 0.5) is 0 Å². The summed E-state index contributed by atoms with van der Waals surface area (Å²) in [6, 6.07) is 13.5. The molecule has 0 bridgehead atoms. The van der Waals surface area contributed by atoms with Gasteiger partial charge in [-0.2, -0.15) is 5.26 Å². The number of nitrogens with zero attached hydrogens (tertiary/aromatic N) is 2. The van der Waals surface area contributed by atoms with E-state index in [1.54, 1.807) is 12.1 Å². The number of fused-ring (bicyclic) bond motifs is 3. The van der Waals surface area contributed by atoms with Crippen molar-refractivity contribution >= 4 is 24.2 Å². The van der Waals surface area contributed by atoms with Crippen LogP contribution in [-0.2, 0) is 0 Å². The largest absolute Gasteiger partial charge is 0.493 e. The molecule has 0 saturated heterocycles. The van der Waals surface area contributed by atoms with Crippen molar-refractivity contribution in [3.05, 3.63) is 64.7 Å². The Kier molecular flexibility index (Phi) is 4.55. The summed E-state index contributed by atoms with van der Waals surface area (Å²) in [6.45, 7) is 1.91. The maximum Gasteiger partial charge on any atom is 0.205 e. The second-order valence-corrected chi connectivity index (χ2v) is 6.78. The SMILES string of the molecule is [B]c1cc(C2C(C#N)=C(N)Oc3c2ccc2ccc(C)nc32)cc(OC)c1OC. The summed E-state index contributed by atoms with van der Waals surface area (Å²) >= 11 is 0. The fourth-order valence-corrected chi connectivity index (χ4v) is 3.72. The van der Waals surface area contributed by atoms with Crippen molar-refractivity contribution in [2.75, 3.05) is 14.2 Å². The number of aryl methyl sites for hydroxylation is 1. The molecule has 1 aliphatic rings. The Morgan fingerprint density at radius 3 is 2.62 bits per heavy atom. The first-order chi connectivity index (χ1) is 14.0. The molecule has 2 radical (unpaired) electrons. The minimum absolute atomic E-state index is 0.0502. The molecule has 1 aliphatic heterocycles. The van der Waals surface area contributed by atoms with Crippen LogP contribution in [-0.4, -0.2) is 27.0 Å². The first-order valence-corrected chi connectivity index (χ1v) is 8.97. The van der Waals surface area contributed by atoms with Gasteiger partial charge in [-0.3, -0.25) is 0 Å². The van der Waals surface area contributed by atoms with Crippen LogP contribution in [0.5, 0.6) is 17.2 Å². The average Bonchev–Trinajstić information content (AvgIpc) is 2.72. The highest BCUT2D eigenvalue weighted by molar-refractivity contribution is 6.34. The van der Waals surface area contributed by atoms with Crippen LogP contribution in [0.15, 0.2) is 47.9 Å². The average molecular weight is 383 g/mol. The predicted molar refractivity (Wildman–Crippen MR) is 111 cm³/mol. The molecule has 7 heteroatoms. The Morgan fingerprint density at radius 1 is 1.17 bits per heavy atom. The van der Waals surface area contributed by atoms with Gasteiger partial charge < -0.3 is 19.9 Å². The van der Waals surface area contributed by atoms with Crippen LogP contribution in [0.3, 0.4) is 0 Å². The molecule has 1 atom stereocenters. The zero-order valence-electron chi connectivity index (χ0n) is 16.3.